The Kier molecular flexibility index (Phi) is 3.44. The van der Waals surface area contributed by atoms with E-state index in [1.165, 1.54) is 10.9 Å². The van der Waals surface area contributed by atoms with E-state index in [1.54, 1.807) is 0 Å². The first-order valence-electron chi connectivity index (χ1n) is 9.32. The summed E-state index contributed by atoms with van der Waals surface area (Å²) < 4.78 is 6.22. The van der Waals surface area contributed by atoms with Gasteiger partial charge in [0.05, 0.1) is 18.2 Å². The highest BCUT2D eigenvalue weighted by Crippen LogP contribution is 2.54. The van der Waals surface area contributed by atoms with Crippen molar-refractivity contribution < 1.29 is 14.6 Å². The molecule has 3 saturated heterocycles. The molecular formula is C20H24N2O3. The molecule has 0 radical (unpaired) electrons. The third-order valence-corrected chi connectivity index (χ3v) is 6.63. The predicted octanol–water partition coefficient (Wildman–Crippen LogP) is 2.10. The number of benzene rings is 1. The molecule has 5 nitrogen and oxygen atoms in total. The van der Waals surface area contributed by atoms with Crippen LogP contribution in [-0.2, 0) is 16.0 Å². The lowest BCUT2D eigenvalue weighted by Gasteiger charge is -2.27. The van der Waals surface area contributed by atoms with Gasteiger partial charge in [-0.25, -0.2) is 0 Å². The largest absolute Gasteiger partial charge is 0.396 e. The summed E-state index contributed by atoms with van der Waals surface area (Å²) in [6, 6.07) is 8.21. The van der Waals surface area contributed by atoms with Crippen LogP contribution < -0.4 is 0 Å². The van der Waals surface area contributed by atoms with Gasteiger partial charge in [0, 0.05) is 48.5 Å². The van der Waals surface area contributed by atoms with Crippen LogP contribution in [0.3, 0.4) is 0 Å². The number of H-pyrrole nitrogens is 1. The van der Waals surface area contributed by atoms with Crippen molar-refractivity contribution in [3.63, 3.8) is 0 Å². The third kappa shape index (κ3) is 2.26. The molecule has 5 rings (SSSR count). The van der Waals surface area contributed by atoms with Crippen LogP contribution in [-0.4, -0.2) is 52.3 Å². The predicted molar refractivity (Wildman–Crippen MR) is 94.1 cm³/mol. The molecule has 1 spiro atoms. The summed E-state index contributed by atoms with van der Waals surface area (Å²) in [5.74, 6) is 0.728. The van der Waals surface area contributed by atoms with Crippen LogP contribution in [0.2, 0.25) is 0 Å². The van der Waals surface area contributed by atoms with Gasteiger partial charge in [0.15, 0.2) is 0 Å². The summed E-state index contributed by atoms with van der Waals surface area (Å²) in [4.78, 5) is 18.0. The van der Waals surface area contributed by atoms with Crippen molar-refractivity contribution in [3.05, 3.63) is 36.0 Å². The molecule has 1 aromatic carbocycles. The molecule has 0 unspecified atom stereocenters. The number of rotatable bonds is 4. The van der Waals surface area contributed by atoms with Gasteiger partial charge in [-0.3, -0.25) is 4.79 Å². The van der Waals surface area contributed by atoms with Crippen LogP contribution in [0.1, 0.15) is 24.8 Å². The van der Waals surface area contributed by atoms with Gasteiger partial charge in [-0.15, -0.1) is 0 Å². The van der Waals surface area contributed by atoms with E-state index < -0.39 is 0 Å². The first kappa shape index (κ1) is 15.4. The Labute approximate surface area is 147 Å². The van der Waals surface area contributed by atoms with Crippen molar-refractivity contribution in [3.8, 4) is 0 Å². The highest BCUT2D eigenvalue weighted by molar-refractivity contribution is 5.84. The number of nitrogens with zero attached hydrogens (tertiary/aromatic N) is 1. The number of aromatic nitrogens is 1. The zero-order valence-electron chi connectivity index (χ0n) is 14.3. The Morgan fingerprint density at radius 1 is 1.40 bits per heavy atom. The number of carbonyl (C=O) groups excluding carboxylic acids is 1. The summed E-state index contributed by atoms with van der Waals surface area (Å²) in [5.41, 5.74) is 2.15. The van der Waals surface area contributed by atoms with E-state index in [9.17, 15) is 9.90 Å². The standard InChI is InChI=1S/C20H24N2O3/c23-11-15-16-10-22(12-20(16)8-7-18(15)25-20)19(24)6-5-13-9-21-17-4-2-1-3-14(13)17/h1-4,9,15-16,18,21,23H,5-8,10-12H2/t15-,16+,18+,20+/m0/s1. The number of ether oxygens (including phenoxy) is 1. The van der Waals surface area contributed by atoms with Crippen molar-refractivity contribution >= 4 is 16.8 Å². The highest BCUT2D eigenvalue weighted by atomic mass is 16.5. The van der Waals surface area contributed by atoms with Gasteiger partial charge >= 0.3 is 0 Å². The van der Waals surface area contributed by atoms with Gasteiger partial charge in [-0.05, 0) is 30.9 Å². The van der Waals surface area contributed by atoms with Crippen LogP contribution >= 0.6 is 0 Å². The molecule has 2 aromatic rings. The van der Waals surface area contributed by atoms with Gasteiger partial charge < -0.3 is 19.7 Å². The number of amides is 1. The molecule has 1 amide bonds. The maximum absolute atomic E-state index is 12.8. The lowest BCUT2D eigenvalue weighted by Crippen LogP contribution is -2.38. The summed E-state index contributed by atoms with van der Waals surface area (Å²) in [6.45, 7) is 1.63. The zero-order valence-corrected chi connectivity index (χ0v) is 14.3. The van der Waals surface area contributed by atoms with Crippen LogP contribution in [0.5, 0.6) is 0 Å². The first-order valence-corrected chi connectivity index (χ1v) is 9.32. The minimum atomic E-state index is -0.172. The molecule has 2 N–H and O–H groups in total. The molecule has 132 valence electrons. The van der Waals surface area contributed by atoms with E-state index in [-0.39, 0.29) is 30.1 Å². The number of fused-ring (bicyclic) bond motifs is 2. The molecule has 1 aromatic heterocycles. The number of hydrogen-bond donors (Lipinski definition) is 2. The second-order valence-electron chi connectivity index (χ2n) is 7.85. The van der Waals surface area contributed by atoms with Gasteiger partial charge in [0.2, 0.25) is 5.91 Å². The third-order valence-electron chi connectivity index (χ3n) is 6.63. The van der Waals surface area contributed by atoms with Crippen molar-refractivity contribution in [2.45, 2.75) is 37.4 Å². The Morgan fingerprint density at radius 3 is 3.16 bits per heavy atom. The van der Waals surface area contributed by atoms with E-state index in [1.807, 2.05) is 23.2 Å². The number of carbonyl (C=O) groups is 1. The molecule has 25 heavy (non-hydrogen) atoms. The van der Waals surface area contributed by atoms with Crippen LogP contribution in [0.25, 0.3) is 10.9 Å². The Bertz CT molecular complexity index is 816. The Hall–Kier alpha value is -1.85. The second kappa shape index (κ2) is 5.58. The topological polar surface area (TPSA) is 65.6 Å². The van der Waals surface area contributed by atoms with Crippen molar-refractivity contribution in [1.29, 1.82) is 0 Å². The van der Waals surface area contributed by atoms with Gasteiger partial charge in [-0.2, -0.15) is 0 Å². The van der Waals surface area contributed by atoms with Crippen LogP contribution in [0, 0.1) is 11.8 Å². The fourth-order valence-corrected chi connectivity index (χ4v) is 5.36. The lowest BCUT2D eigenvalue weighted by molar-refractivity contribution is -0.131. The van der Waals surface area contributed by atoms with Crippen LogP contribution in [0.4, 0.5) is 0 Å². The minimum Gasteiger partial charge on any atom is -0.396 e. The molecule has 0 aliphatic carbocycles. The summed E-state index contributed by atoms with van der Waals surface area (Å²) in [6.07, 6.45) is 5.56. The van der Waals surface area contributed by atoms with Crippen molar-refractivity contribution in [2.24, 2.45) is 11.8 Å². The molecule has 4 atom stereocenters. The molecule has 5 heteroatoms. The average Bonchev–Trinajstić information content (AvgIpc) is 3.37. The van der Waals surface area contributed by atoms with Crippen molar-refractivity contribution in [2.75, 3.05) is 19.7 Å². The monoisotopic (exact) mass is 340 g/mol. The molecule has 4 heterocycles. The van der Waals surface area contributed by atoms with Gasteiger partial charge in [0.1, 0.15) is 0 Å². The van der Waals surface area contributed by atoms with E-state index in [0.717, 1.165) is 31.3 Å². The minimum absolute atomic E-state index is 0.172. The quantitative estimate of drug-likeness (QED) is 0.896. The fourth-order valence-electron chi connectivity index (χ4n) is 5.36. The van der Waals surface area contributed by atoms with E-state index in [4.69, 9.17) is 4.74 Å². The Morgan fingerprint density at radius 2 is 2.28 bits per heavy atom. The maximum Gasteiger partial charge on any atom is 0.223 e. The first-order chi connectivity index (χ1) is 12.2. The summed E-state index contributed by atoms with van der Waals surface area (Å²) >= 11 is 0. The van der Waals surface area contributed by atoms with Crippen molar-refractivity contribution in [1.82, 2.24) is 9.88 Å². The maximum atomic E-state index is 12.8. The average molecular weight is 340 g/mol. The van der Waals surface area contributed by atoms with Crippen LogP contribution in [0.15, 0.2) is 30.5 Å². The second-order valence-corrected chi connectivity index (χ2v) is 7.85. The van der Waals surface area contributed by atoms with E-state index in [0.29, 0.717) is 18.9 Å². The molecule has 0 saturated carbocycles. The number of aromatic amines is 1. The number of aryl methyl sites for hydroxylation is 1. The SMILES string of the molecule is O=C(CCc1c[nH]c2ccccc12)N1C[C@@H]2[C@H](CO)[C@H]3CC[C@]2(C1)O3. The number of para-hydroxylation sites is 1. The Balaban J connectivity index is 1.27. The fraction of sp³-hybridized carbons (Fsp3) is 0.550. The van der Waals surface area contributed by atoms with E-state index >= 15 is 0 Å². The van der Waals surface area contributed by atoms with Gasteiger partial charge in [0.25, 0.3) is 0 Å². The molecule has 3 fully saturated rings. The summed E-state index contributed by atoms with van der Waals surface area (Å²) in [5, 5.41) is 10.9. The lowest BCUT2D eigenvalue weighted by atomic mass is 9.74. The highest BCUT2D eigenvalue weighted by Gasteiger charge is 2.63. The smallest absolute Gasteiger partial charge is 0.223 e. The number of aliphatic hydroxyl groups is 1. The zero-order chi connectivity index (χ0) is 17.0. The molecule has 3 aliphatic rings. The molecule has 3 aliphatic heterocycles. The number of aliphatic hydroxyl groups excluding tert-OH is 1. The molecule has 2 bridgehead atoms. The number of nitrogens with one attached hydrogen (secondary N) is 1. The van der Waals surface area contributed by atoms with Gasteiger partial charge in [-0.1, -0.05) is 18.2 Å². The number of hydrogen-bond acceptors (Lipinski definition) is 3. The number of likely N-dealkylation sites (tertiary alicyclic amines) is 1. The van der Waals surface area contributed by atoms with E-state index in [2.05, 4.69) is 17.1 Å². The summed E-state index contributed by atoms with van der Waals surface area (Å²) in [7, 11) is 0. The normalized spacial score (nSPS) is 33.3. The molecular weight excluding hydrogens is 316 g/mol.